The van der Waals surface area contributed by atoms with E-state index >= 15 is 0 Å². The number of hydrogen-bond acceptors (Lipinski definition) is 6. The Kier molecular flexibility index (Phi) is 6.16. The van der Waals surface area contributed by atoms with Crippen molar-refractivity contribution in [1.82, 2.24) is 0 Å². The number of nitro groups is 1. The van der Waals surface area contributed by atoms with Crippen molar-refractivity contribution in [3.05, 3.63) is 10.1 Å². The lowest BCUT2D eigenvalue weighted by atomic mass is 9.91. The molecular formula is C10H17NO6. The zero-order valence-corrected chi connectivity index (χ0v) is 10.2. The first-order valence-electron chi connectivity index (χ1n) is 5.14. The Morgan fingerprint density at radius 1 is 1.12 bits per heavy atom. The smallest absolute Gasteiger partial charge is 0.305 e. The molecule has 17 heavy (non-hydrogen) atoms. The SMILES string of the molecule is COC(=O)CCC(C)(CCC(=O)OC)[N+](=O)[O-]. The van der Waals surface area contributed by atoms with E-state index in [9.17, 15) is 19.7 Å². The monoisotopic (exact) mass is 247 g/mol. The van der Waals surface area contributed by atoms with Crippen molar-refractivity contribution in [2.24, 2.45) is 0 Å². The van der Waals surface area contributed by atoms with Crippen LogP contribution in [0.2, 0.25) is 0 Å². The summed E-state index contributed by atoms with van der Waals surface area (Å²) in [5.74, 6) is -1.01. The molecule has 7 nitrogen and oxygen atoms in total. The fourth-order valence-electron chi connectivity index (χ4n) is 1.25. The second-order valence-corrected chi connectivity index (χ2v) is 3.91. The first-order chi connectivity index (χ1) is 7.85. The normalized spacial score (nSPS) is 10.8. The van der Waals surface area contributed by atoms with E-state index in [0.29, 0.717) is 0 Å². The van der Waals surface area contributed by atoms with Gasteiger partial charge < -0.3 is 9.47 Å². The van der Waals surface area contributed by atoms with Crippen LogP contribution in [0.3, 0.4) is 0 Å². The fourth-order valence-corrected chi connectivity index (χ4v) is 1.25. The van der Waals surface area contributed by atoms with E-state index in [4.69, 9.17) is 0 Å². The highest BCUT2D eigenvalue weighted by Gasteiger charge is 2.37. The molecule has 98 valence electrons. The molecule has 0 aliphatic rings. The van der Waals surface area contributed by atoms with Crippen molar-refractivity contribution in [1.29, 1.82) is 0 Å². The second kappa shape index (κ2) is 6.82. The Labute approximate surface area is 99.2 Å². The Bertz CT molecular complexity index is 281. The van der Waals surface area contributed by atoms with Gasteiger partial charge in [-0.3, -0.25) is 19.7 Å². The predicted octanol–water partition coefficient (Wildman–Crippen LogP) is 0.928. The van der Waals surface area contributed by atoms with Gasteiger partial charge in [-0.25, -0.2) is 0 Å². The molecule has 0 aromatic carbocycles. The molecular weight excluding hydrogens is 230 g/mol. The highest BCUT2D eigenvalue weighted by molar-refractivity contribution is 5.70. The summed E-state index contributed by atoms with van der Waals surface area (Å²) in [4.78, 5) is 32.3. The van der Waals surface area contributed by atoms with Crippen LogP contribution in [-0.4, -0.2) is 36.6 Å². The molecule has 0 rings (SSSR count). The number of carbonyl (C=O) groups is 2. The van der Waals surface area contributed by atoms with Gasteiger partial charge in [-0.2, -0.15) is 0 Å². The van der Waals surface area contributed by atoms with Crippen molar-refractivity contribution in [2.75, 3.05) is 14.2 Å². The lowest BCUT2D eigenvalue weighted by Crippen LogP contribution is -2.36. The lowest BCUT2D eigenvalue weighted by molar-refractivity contribution is -0.567. The molecule has 0 aromatic rings. The van der Waals surface area contributed by atoms with Crippen molar-refractivity contribution in [3.8, 4) is 0 Å². The number of rotatable bonds is 7. The van der Waals surface area contributed by atoms with Crippen LogP contribution in [0.15, 0.2) is 0 Å². The van der Waals surface area contributed by atoms with Crippen LogP contribution in [0, 0.1) is 10.1 Å². The number of nitrogens with zero attached hydrogens (tertiary/aromatic N) is 1. The maximum absolute atomic E-state index is 10.9. The van der Waals surface area contributed by atoms with E-state index in [-0.39, 0.29) is 25.7 Å². The van der Waals surface area contributed by atoms with Crippen molar-refractivity contribution in [2.45, 2.75) is 38.1 Å². The number of carbonyl (C=O) groups excluding carboxylic acids is 2. The molecule has 7 heteroatoms. The summed E-state index contributed by atoms with van der Waals surface area (Å²) in [7, 11) is 2.45. The van der Waals surface area contributed by atoms with Gasteiger partial charge in [0.1, 0.15) is 0 Å². The first kappa shape index (κ1) is 15.3. The zero-order chi connectivity index (χ0) is 13.5. The highest BCUT2D eigenvalue weighted by Crippen LogP contribution is 2.23. The van der Waals surface area contributed by atoms with Crippen LogP contribution in [0.1, 0.15) is 32.6 Å². The topological polar surface area (TPSA) is 95.7 Å². The molecule has 0 fully saturated rings. The molecule has 0 spiro atoms. The van der Waals surface area contributed by atoms with Crippen LogP contribution in [0.5, 0.6) is 0 Å². The number of ether oxygens (including phenoxy) is 2. The summed E-state index contributed by atoms with van der Waals surface area (Å²) in [6.07, 6.45) is -0.0301. The van der Waals surface area contributed by atoms with Crippen LogP contribution in [0.25, 0.3) is 0 Å². The Balaban J connectivity index is 4.41. The Morgan fingerprint density at radius 2 is 1.47 bits per heavy atom. The zero-order valence-electron chi connectivity index (χ0n) is 10.2. The van der Waals surface area contributed by atoms with E-state index in [2.05, 4.69) is 9.47 Å². The molecule has 0 atom stereocenters. The summed E-state index contributed by atoms with van der Waals surface area (Å²) in [5, 5.41) is 10.9. The summed E-state index contributed by atoms with van der Waals surface area (Å²) < 4.78 is 8.84. The third kappa shape index (κ3) is 5.28. The third-order valence-electron chi connectivity index (χ3n) is 2.63. The molecule has 0 aromatic heterocycles. The summed E-state index contributed by atoms with van der Waals surface area (Å²) in [6.45, 7) is 1.40. The van der Waals surface area contributed by atoms with E-state index in [0.717, 1.165) is 0 Å². The average molecular weight is 247 g/mol. The molecule has 0 amide bonds. The van der Waals surface area contributed by atoms with Crippen LogP contribution in [-0.2, 0) is 19.1 Å². The molecule has 0 radical (unpaired) electrons. The molecule has 0 unspecified atom stereocenters. The minimum absolute atomic E-state index is 0.0314. The van der Waals surface area contributed by atoms with Gasteiger partial charge in [-0.1, -0.05) is 0 Å². The molecule has 0 aliphatic heterocycles. The van der Waals surface area contributed by atoms with E-state index in [1.807, 2.05) is 0 Å². The van der Waals surface area contributed by atoms with Crippen LogP contribution >= 0.6 is 0 Å². The van der Waals surface area contributed by atoms with Crippen LogP contribution < -0.4 is 0 Å². The minimum Gasteiger partial charge on any atom is -0.469 e. The van der Waals surface area contributed by atoms with E-state index < -0.39 is 22.4 Å². The first-order valence-corrected chi connectivity index (χ1v) is 5.14. The molecule has 0 saturated carbocycles. The quantitative estimate of drug-likeness (QED) is 0.377. The predicted molar refractivity (Wildman–Crippen MR) is 57.9 cm³/mol. The third-order valence-corrected chi connectivity index (χ3v) is 2.63. The summed E-state index contributed by atoms with van der Waals surface area (Å²) in [5.41, 5.74) is -1.32. The second-order valence-electron chi connectivity index (χ2n) is 3.91. The molecule has 0 N–H and O–H groups in total. The number of methoxy groups -OCH3 is 2. The number of esters is 2. The van der Waals surface area contributed by atoms with E-state index in [1.165, 1.54) is 21.1 Å². The summed E-state index contributed by atoms with van der Waals surface area (Å²) >= 11 is 0. The van der Waals surface area contributed by atoms with Gasteiger partial charge in [0.25, 0.3) is 0 Å². The van der Waals surface area contributed by atoms with Crippen molar-refractivity contribution >= 4 is 11.9 Å². The fraction of sp³-hybridized carbons (Fsp3) is 0.800. The lowest BCUT2D eigenvalue weighted by Gasteiger charge is -2.19. The molecule has 0 heterocycles. The highest BCUT2D eigenvalue weighted by atomic mass is 16.6. The Hall–Kier alpha value is -1.66. The summed E-state index contributed by atoms with van der Waals surface area (Å²) in [6, 6.07) is 0. The average Bonchev–Trinajstić information content (AvgIpc) is 2.32. The van der Waals surface area contributed by atoms with Gasteiger partial charge in [-0.15, -0.1) is 0 Å². The maximum Gasteiger partial charge on any atom is 0.305 e. The minimum atomic E-state index is -1.32. The standard InChI is InChI=1S/C10H17NO6/c1-10(11(14)15,6-4-8(12)16-2)7-5-9(13)17-3/h4-7H2,1-3H3. The molecule has 0 bridgehead atoms. The van der Waals surface area contributed by atoms with E-state index in [1.54, 1.807) is 0 Å². The Morgan fingerprint density at radius 3 is 1.71 bits per heavy atom. The molecule has 0 saturated heterocycles. The van der Waals surface area contributed by atoms with Gasteiger partial charge in [0.05, 0.1) is 27.1 Å². The molecule has 0 aliphatic carbocycles. The van der Waals surface area contributed by atoms with Crippen molar-refractivity contribution in [3.63, 3.8) is 0 Å². The number of hydrogen-bond donors (Lipinski definition) is 0. The van der Waals surface area contributed by atoms with Crippen molar-refractivity contribution < 1.29 is 24.0 Å². The van der Waals surface area contributed by atoms with Gasteiger partial charge >= 0.3 is 11.9 Å². The van der Waals surface area contributed by atoms with Gasteiger partial charge in [0, 0.05) is 24.7 Å². The van der Waals surface area contributed by atoms with Crippen LogP contribution in [0.4, 0.5) is 0 Å². The van der Waals surface area contributed by atoms with Gasteiger partial charge in [0.2, 0.25) is 5.54 Å². The van der Waals surface area contributed by atoms with Gasteiger partial charge in [-0.05, 0) is 0 Å². The van der Waals surface area contributed by atoms with Gasteiger partial charge in [0.15, 0.2) is 0 Å². The largest absolute Gasteiger partial charge is 0.469 e. The maximum atomic E-state index is 10.9.